The minimum Gasteiger partial charge on any atom is -0.460 e. The maximum absolute atomic E-state index is 10.6. The van der Waals surface area contributed by atoms with Crippen LogP contribution in [0, 0.1) is 0 Å². The highest BCUT2D eigenvalue weighted by atomic mass is 28.3. The lowest BCUT2D eigenvalue weighted by atomic mass is 10.6. The molecule has 0 aliphatic rings. The van der Waals surface area contributed by atoms with Crippen LogP contribution in [0.1, 0.15) is 0 Å². The van der Waals surface area contributed by atoms with Gasteiger partial charge in [-0.05, 0) is 0 Å². The van der Waals surface area contributed by atoms with Crippen LogP contribution in [-0.4, -0.2) is 48.9 Å². The van der Waals surface area contributed by atoms with Crippen LogP contribution in [0.4, 0.5) is 0 Å². The van der Waals surface area contributed by atoms with Crippen molar-refractivity contribution in [3.05, 3.63) is 12.7 Å². The van der Waals surface area contributed by atoms with Crippen molar-refractivity contribution in [2.24, 2.45) is 0 Å². The Morgan fingerprint density at radius 1 is 1.36 bits per heavy atom. The van der Waals surface area contributed by atoms with Gasteiger partial charge in [-0.2, -0.15) is 0 Å². The second kappa shape index (κ2) is 8.89. The summed E-state index contributed by atoms with van der Waals surface area (Å²) in [5, 5.41) is 0. The van der Waals surface area contributed by atoms with E-state index in [9.17, 15) is 4.79 Å². The zero-order valence-corrected chi connectivity index (χ0v) is 9.68. The van der Waals surface area contributed by atoms with E-state index in [1.807, 2.05) is 0 Å². The van der Waals surface area contributed by atoms with E-state index < -0.39 is 15.3 Å². The summed E-state index contributed by atoms with van der Waals surface area (Å²) in [6.45, 7) is 3.83. The SMILES string of the molecule is C=CC(=O)OCCOC[SiH](OC)OC. The third kappa shape index (κ3) is 6.78. The highest BCUT2D eigenvalue weighted by Gasteiger charge is 2.08. The largest absolute Gasteiger partial charge is 0.460 e. The molecule has 0 aliphatic carbocycles. The van der Waals surface area contributed by atoms with Crippen LogP contribution in [0.15, 0.2) is 12.7 Å². The normalized spacial score (nSPS) is 10.2. The summed E-state index contributed by atoms with van der Waals surface area (Å²) in [5.74, 6) is -0.444. The first-order chi connectivity index (χ1) is 6.74. The van der Waals surface area contributed by atoms with Gasteiger partial charge in [-0.25, -0.2) is 4.79 Å². The van der Waals surface area contributed by atoms with Gasteiger partial charge in [0.25, 0.3) is 0 Å². The molecule has 5 nitrogen and oxygen atoms in total. The zero-order chi connectivity index (χ0) is 10.8. The van der Waals surface area contributed by atoms with E-state index in [2.05, 4.69) is 6.58 Å². The number of carbonyl (C=O) groups is 1. The predicted molar refractivity (Wildman–Crippen MR) is 53.1 cm³/mol. The maximum Gasteiger partial charge on any atom is 0.347 e. The lowest BCUT2D eigenvalue weighted by Crippen LogP contribution is -2.27. The average molecular weight is 220 g/mol. The molecule has 14 heavy (non-hydrogen) atoms. The van der Waals surface area contributed by atoms with E-state index in [0.29, 0.717) is 12.8 Å². The monoisotopic (exact) mass is 220 g/mol. The topological polar surface area (TPSA) is 54.0 Å². The van der Waals surface area contributed by atoms with Crippen LogP contribution < -0.4 is 0 Å². The summed E-state index contributed by atoms with van der Waals surface area (Å²) in [6, 6.07) is 0. The molecular weight excluding hydrogens is 204 g/mol. The quantitative estimate of drug-likeness (QED) is 0.245. The molecule has 0 saturated carbocycles. The Morgan fingerprint density at radius 3 is 2.50 bits per heavy atom. The number of rotatable bonds is 8. The van der Waals surface area contributed by atoms with Gasteiger partial charge in [0.2, 0.25) is 0 Å². The Morgan fingerprint density at radius 2 is 2.00 bits per heavy atom. The summed E-state index contributed by atoms with van der Waals surface area (Å²) in [7, 11) is 1.52. The van der Waals surface area contributed by atoms with E-state index >= 15 is 0 Å². The summed E-state index contributed by atoms with van der Waals surface area (Å²) < 4.78 is 19.9. The number of carbonyl (C=O) groups excluding carboxylic acids is 1. The Bertz CT molecular complexity index is 169. The number of esters is 1. The fourth-order valence-corrected chi connectivity index (χ4v) is 1.50. The molecule has 0 fully saturated rings. The van der Waals surface area contributed by atoms with Crippen molar-refractivity contribution in [3.63, 3.8) is 0 Å². The lowest BCUT2D eigenvalue weighted by molar-refractivity contribution is -0.139. The molecule has 0 aromatic heterocycles. The van der Waals surface area contributed by atoms with Crippen molar-refractivity contribution in [2.45, 2.75) is 0 Å². The standard InChI is InChI=1S/C8H16O5Si/c1-4-8(9)13-6-5-12-7-14(10-2)11-3/h4,14H,1,5-7H2,2-3H3. The summed E-state index contributed by atoms with van der Waals surface area (Å²) in [6.07, 6.45) is 1.56. The Kier molecular flexibility index (Phi) is 8.45. The molecule has 6 heteroatoms. The van der Waals surface area contributed by atoms with Crippen LogP contribution >= 0.6 is 0 Å². The van der Waals surface area contributed by atoms with Crippen molar-refractivity contribution < 1.29 is 23.1 Å². The first-order valence-electron chi connectivity index (χ1n) is 4.17. The Labute approximate surface area is 85.4 Å². The van der Waals surface area contributed by atoms with E-state index in [-0.39, 0.29) is 6.61 Å². The number of hydrogen-bond acceptors (Lipinski definition) is 5. The molecule has 0 saturated heterocycles. The predicted octanol–water partition coefficient (Wildman–Crippen LogP) is -0.215. The highest BCUT2D eigenvalue weighted by molar-refractivity contribution is 6.44. The van der Waals surface area contributed by atoms with Crippen LogP contribution in [0.25, 0.3) is 0 Å². The maximum atomic E-state index is 10.6. The van der Waals surface area contributed by atoms with Gasteiger partial charge in [0, 0.05) is 20.3 Å². The van der Waals surface area contributed by atoms with Crippen LogP contribution in [-0.2, 0) is 23.1 Å². The average Bonchev–Trinajstić information content (AvgIpc) is 2.23. The van der Waals surface area contributed by atoms with Gasteiger partial charge in [-0.3, -0.25) is 0 Å². The fraction of sp³-hybridized carbons (Fsp3) is 0.625. The third-order valence-corrected chi connectivity index (χ3v) is 2.98. The van der Waals surface area contributed by atoms with Gasteiger partial charge in [0.05, 0.1) is 12.8 Å². The number of hydrogen-bond donors (Lipinski definition) is 0. The molecule has 0 N–H and O–H groups in total. The summed E-state index contributed by atoms with van der Waals surface area (Å²) in [5.41, 5.74) is 0. The molecule has 0 amide bonds. The van der Waals surface area contributed by atoms with Crippen molar-refractivity contribution in [2.75, 3.05) is 33.7 Å². The van der Waals surface area contributed by atoms with E-state index in [4.69, 9.17) is 18.3 Å². The van der Waals surface area contributed by atoms with Crippen molar-refractivity contribution in [1.29, 1.82) is 0 Å². The lowest BCUT2D eigenvalue weighted by Gasteiger charge is -2.10. The molecule has 0 atom stereocenters. The van der Waals surface area contributed by atoms with Crippen LogP contribution in [0.3, 0.4) is 0 Å². The van der Waals surface area contributed by atoms with Crippen molar-refractivity contribution in [3.8, 4) is 0 Å². The van der Waals surface area contributed by atoms with Crippen molar-refractivity contribution in [1.82, 2.24) is 0 Å². The molecule has 0 aromatic carbocycles. The van der Waals surface area contributed by atoms with E-state index in [0.717, 1.165) is 6.08 Å². The molecule has 0 radical (unpaired) electrons. The molecule has 0 unspecified atom stereocenters. The number of ether oxygens (including phenoxy) is 2. The molecule has 0 aromatic rings. The van der Waals surface area contributed by atoms with Gasteiger partial charge in [-0.15, -0.1) is 0 Å². The highest BCUT2D eigenvalue weighted by Crippen LogP contribution is 1.87. The van der Waals surface area contributed by atoms with Gasteiger partial charge in [0.1, 0.15) is 6.61 Å². The summed E-state index contributed by atoms with van der Waals surface area (Å²) in [4.78, 5) is 10.6. The van der Waals surface area contributed by atoms with E-state index in [1.165, 1.54) is 0 Å². The van der Waals surface area contributed by atoms with Crippen LogP contribution in [0.2, 0.25) is 0 Å². The minimum absolute atomic E-state index is 0.222. The molecule has 0 spiro atoms. The van der Waals surface area contributed by atoms with Crippen LogP contribution in [0.5, 0.6) is 0 Å². The van der Waals surface area contributed by atoms with Gasteiger partial charge < -0.3 is 18.3 Å². The molecular formula is C8H16O5Si. The Balaban J connectivity index is 3.28. The minimum atomic E-state index is -1.65. The van der Waals surface area contributed by atoms with E-state index in [1.54, 1.807) is 14.2 Å². The Hall–Kier alpha value is -0.693. The molecule has 0 rings (SSSR count). The molecule has 0 heterocycles. The first kappa shape index (κ1) is 13.3. The molecule has 0 bridgehead atoms. The smallest absolute Gasteiger partial charge is 0.347 e. The second-order valence-corrected chi connectivity index (χ2v) is 4.48. The summed E-state index contributed by atoms with van der Waals surface area (Å²) >= 11 is 0. The third-order valence-electron chi connectivity index (χ3n) is 1.42. The molecule has 82 valence electrons. The van der Waals surface area contributed by atoms with Crippen molar-refractivity contribution >= 4 is 15.3 Å². The molecule has 0 aliphatic heterocycles. The first-order valence-corrected chi connectivity index (χ1v) is 5.93. The zero-order valence-electron chi connectivity index (χ0n) is 8.52. The van der Waals surface area contributed by atoms with Gasteiger partial charge in [0.15, 0.2) is 0 Å². The van der Waals surface area contributed by atoms with Gasteiger partial charge in [-0.1, -0.05) is 6.58 Å². The fourth-order valence-electron chi connectivity index (χ4n) is 0.672. The second-order valence-electron chi connectivity index (χ2n) is 2.35. The van der Waals surface area contributed by atoms with Gasteiger partial charge >= 0.3 is 15.3 Å².